The van der Waals surface area contributed by atoms with Crippen LogP contribution in [-0.2, 0) is 0 Å². The van der Waals surface area contributed by atoms with Crippen molar-refractivity contribution in [1.29, 1.82) is 0 Å². The van der Waals surface area contributed by atoms with Gasteiger partial charge in [-0.25, -0.2) is 0 Å². The SMILES string of the molecule is [CH]1Oc2ccc1cc2. The summed E-state index contributed by atoms with van der Waals surface area (Å²) in [6.45, 7) is 1.75. The number of benzene rings is 1. The van der Waals surface area contributed by atoms with Gasteiger partial charge in [0, 0.05) is 0 Å². The number of ether oxygens (including phenoxy) is 1. The molecule has 2 bridgehead atoms. The molecule has 0 atom stereocenters. The topological polar surface area (TPSA) is 9.23 Å². The molecule has 2 heterocycles. The van der Waals surface area contributed by atoms with Gasteiger partial charge in [0.2, 0.25) is 0 Å². The fourth-order valence-corrected chi connectivity index (χ4v) is 0.761. The third-order valence-electron chi connectivity index (χ3n) is 1.21. The molecule has 1 heteroatoms. The van der Waals surface area contributed by atoms with Gasteiger partial charge in [0.05, 0.1) is 0 Å². The summed E-state index contributed by atoms with van der Waals surface area (Å²) in [4.78, 5) is 0. The minimum atomic E-state index is 0.931. The number of hydrogen-bond donors (Lipinski definition) is 0. The van der Waals surface area contributed by atoms with E-state index < -0.39 is 0 Å². The highest BCUT2D eigenvalue weighted by molar-refractivity contribution is 5.35. The van der Waals surface area contributed by atoms with E-state index in [0.717, 1.165) is 11.3 Å². The van der Waals surface area contributed by atoms with Gasteiger partial charge in [0.25, 0.3) is 0 Å². The molecule has 0 saturated carbocycles. The van der Waals surface area contributed by atoms with E-state index in [4.69, 9.17) is 4.74 Å². The highest BCUT2D eigenvalue weighted by Gasteiger charge is 2.02. The monoisotopic (exact) mass is 105 g/mol. The van der Waals surface area contributed by atoms with Crippen molar-refractivity contribution < 1.29 is 4.74 Å². The first-order valence-electron chi connectivity index (χ1n) is 2.55. The molecule has 1 radical (unpaired) electrons. The lowest BCUT2D eigenvalue weighted by atomic mass is 10.2. The number of rotatable bonds is 0. The van der Waals surface area contributed by atoms with Gasteiger partial charge in [0.1, 0.15) is 5.75 Å². The normalized spacial score (nSPS) is 13.5. The fourth-order valence-electron chi connectivity index (χ4n) is 0.761. The van der Waals surface area contributed by atoms with Crippen molar-refractivity contribution in [3.05, 3.63) is 36.4 Å². The molecule has 1 aromatic carbocycles. The molecule has 0 aromatic heterocycles. The van der Waals surface area contributed by atoms with E-state index in [0.29, 0.717) is 0 Å². The molecule has 1 nitrogen and oxygen atoms in total. The van der Waals surface area contributed by atoms with Crippen LogP contribution in [0.15, 0.2) is 24.3 Å². The minimum absolute atomic E-state index is 0.931. The summed E-state index contributed by atoms with van der Waals surface area (Å²) >= 11 is 0. The summed E-state index contributed by atoms with van der Waals surface area (Å²) in [5.41, 5.74) is 1.14. The van der Waals surface area contributed by atoms with Gasteiger partial charge < -0.3 is 4.74 Å². The van der Waals surface area contributed by atoms with Crippen molar-refractivity contribution in [3.63, 3.8) is 0 Å². The average Bonchev–Trinajstić information content (AvgIpc) is 1.92. The molecule has 0 amide bonds. The first-order chi connectivity index (χ1) is 3.95. The van der Waals surface area contributed by atoms with E-state index in [1.165, 1.54) is 0 Å². The van der Waals surface area contributed by atoms with Crippen molar-refractivity contribution in [1.82, 2.24) is 0 Å². The Bertz CT molecular complexity index is 165. The summed E-state index contributed by atoms with van der Waals surface area (Å²) < 4.78 is 5.06. The van der Waals surface area contributed by atoms with Crippen LogP contribution in [0.4, 0.5) is 0 Å². The lowest BCUT2D eigenvalue weighted by molar-refractivity contribution is 0.417. The van der Waals surface area contributed by atoms with E-state index >= 15 is 0 Å². The Morgan fingerprint density at radius 1 is 1.00 bits per heavy atom. The van der Waals surface area contributed by atoms with Crippen molar-refractivity contribution >= 4 is 0 Å². The predicted molar refractivity (Wildman–Crippen MR) is 30.5 cm³/mol. The Hall–Kier alpha value is -0.980. The highest BCUT2D eigenvalue weighted by atomic mass is 16.5. The van der Waals surface area contributed by atoms with Crippen LogP contribution in [0.5, 0.6) is 5.75 Å². The van der Waals surface area contributed by atoms with Crippen molar-refractivity contribution in [3.8, 4) is 5.75 Å². The zero-order chi connectivity index (χ0) is 5.40. The molecule has 8 heavy (non-hydrogen) atoms. The van der Waals surface area contributed by atoms with Gasteiger partial charge >= 0.3 is 0 Å². The van der Waals surface area contributed by atoms with Crippen LogP contribution >= 0.6 is 0 Å². The molecule has 0 unspecified atom stereocenters. The Morgan fingerprint density at radius 3 is 1.88 bits per heavy atom. The first kappa shape index (κ1) is 3.96. The molecule has 39 valence electrons. The van der Waals surface area contributed by atoms with Crippen LogP contribution in [0.3, 0.4) is 0 Å². The van der Waals surface area contributed by atoms with E-state index in [1.54, 1.807) is 6.61 Å². The Morgan fingerprint density at radius 2 is 1.75 bits per heavy atom. The average molecular weight is 105 g/mol. The Labute approximate surface area is 47.9 Å². The van der Waals surface area contributed by atoms with Crippen molar-refractivity contribution in [2.45, 2.75) is 0 Å². The zero-order valence-corrected chi connectivity index (χ0v) is 4.29. The second-order valence-corrected chi connectivity index (χ2v) is 1.80. The van der Waals surface area contributed by atoms with Gasteiger partial charge in [-0.1, -0.05) is 12.1 Å². The minimum Gasteiger partial charge on any atom is -0.481 e. The standard InChI is InChI=1S/C7H5O/c1-3-7-4-2-6(1)5-8-7/h1-5H. The fraction of sp³-hybridized carbons (Fsp3) is 0. The second kappa shape index (κ2) is 1.25. The summed E-state index contributed by atoms with van der Waals surface area (Å²) in [7, 11) is 0. The summed E-state index contributed by atoms with van der Waals surface area (Å²) in [6, 6.07) is 7.96. The molecule has 0 N–H and O–H groups in total. The third-order valence-corrected chi connectivity index (χ3v) is 1.21. The smallest absolute Gasteiger partial charge is 0.165 e. The molecule has 0 spiro atoms. The predicted octanol–water partition coefficient (Wildman–Crippen LogP) is 1.59. The Balaban J connectivity index is 2.69. The van der Waals surface area contributed by atoms with E-state index in [1.807, 2.05) is 24.3 Å². The van der Waals surface area contributed by atoms with E-state index in [2.05, 4.69) is 0 Å². The molecule has 2 aliphatic rings. The third kappa shape index (κ3) is 0.413. The maximum absolute atomic E-state index is 5.06. The van der Waals surface area contributed by atoms with Crippen molar-refractivity contribution in [2.24, 2.45) is 0 Å². The summed E-state index contributed by atoms with van der Waals surface area (Å²) in [5, 5.41) is 0. The van der Waals surface area contributed by atoms with Crippen LogP contribution in [0.25, 0.3) is 0 Å². The van der Waals surface area contributed by atoms with Crippen LogP contribution < -0.4 is 4.74 Å². The second-order valence-electron chi connectivity index (χ2n) is 1.80. The maximum atomic E-state index is 5.06. The first-order valence-corrected chi connectivity index (χ1v) is 2.55. The van der Waals surface area contributed by atoms with Gasteiger partial charge in [-0.15, -0.1) is 0 Å². The van der Waals surface area contributed by atoms with Gasteiger partial charge in [-0.2, -0.15) is 0 Å². The molecular weight excluding hydrogens is 100 g/mol. The zero-order valence-electron chi connectivity index (χ0n) is 4.29. The molecular formula is C7H5O. The molecule has 0 aliphatic carbocycles. The largest absolute Gasteiger partial charge is 0.481 e. The van der Waals surface area contributed by atoms with Crippen LogP contribution in [0, 0.1) is 6.61 Å². The molecule has 0 saturated heterocycles. The van der Waals surface area contributed by atoms with E-state index in [-0.39, 0.29) is 0 Å². The van der Waals surface area contributed by atoms with Crippen molar-refractivity contribution in [2.75, 3.05) is 0 Å². The Kier molecular flexibility index (Phi) is 0.618. The van der Waals surface area contributed by atoms with E-state index in [9.17, 15) is 0 Å². The van der Waals surface area contributed by atoms with Crippen LogP contribution in [-0.4, -0.2) is 0 Å². The molecule has 3 rings (SSSR count). The quantitative estimate of drug-likeness (QED) is 0.486. The number of hydrogen-bond acceptors (Lipinski definition) is 1. The van der Waals surface area contributed by atoms with Gasteiger partial charge in [0.15, 0.2) is 6.61 Å². The maximum Gasteiger partial charge on any atom is 0.165 e. The van der Waals surface area contributed by atoms with Gasteiger partial charge in [-0.3, -0.25) is 0 Å². The summed E-state index contributed by atoms with van der Waals surface area (Å²) in [5.74, 6) is 0.931. The number of fused-ring (bicyclic) bond motifs is 3. The lowest BCUT2D eigenvalue weighted by Crippen LogP contribution is -1.97. The molecule has 1 aromatic rings. The van der Waals surface area contributed by atoms with Gasteiger partial charge in [-0.05, 0) is 17.7 Å². The van der Waals surface area contributed by atoms with Crippen LogP contribution in [0.2, 0.25) is 0 Å². The molecule has 2 aliphatic heterocycles. The lowest BCUT2D eigenvalue weighted by Gasteiger charge is -2.10. The highest BCUT2D eigenvalue weighted by Crippen LogP contribution is 2.20. The summed E-state index contributed by atoms with van der Waals surface area (Å²) in [6.07, 6.45) is 0. The van der Waals surface area contributed by atoms with Crippen LogP contribution in [0.1, 0.15) is 5.56 Å². The molecule has 0 fully saturated rings.